The molecule has 5 nitrogen and oxygen atoms in total. The highest BCUT2D eigenvalue weighted by Gasteiger charge is 2.28. The molecule has 0 saturated heterocycles. The quantitative estimate of drug-likeness (QED) is 0.653. The Morgan fingerprint density at radius 1 is 1.29 bits per heavy atom. The SMILES string of the molecule is CC[C@@H](Oc1ccc(Cl)c(C)c1)C(=O)Nc1sc2c(c1C(=O)OC)CCCC2. The first-order chi connectivity index (χ1) is 13.4. The van der Waals surface area contributed by atoms with Gasteiger partial charge in [-0.15, -0.1) is 11.3 Å². The van der Waals surface area contributed by atoms with Crippen LogP contribution in [0.15, 0.2) is 18.2 Å². The van der Waals surface area contributed by atoms with E-state index in [2.05, 4.69) is 5.32 Å². The number of halogens is 1. The molecule has 0 fully saturated rings. The number of hydrogen-bond acceptors (Lipinski definition) is 5. The number of rotatable bonds is 6. The summed E-state index contributed by atoms with van der Waals surface area (Å²) in [6.07, 6.45) is 3.72. The molecule has 1 atom stereocenters. The van der Waals surface area contributed by atoms with E-state index >= 15 is 0 Å². The van der Waals surface area contributed by atoms with Gasteiger partial charge < -0.3 is 14.8 Å². The molecule has 1 aliphatic carbocycles. The number of nitrogens with one attached hydrogen (secondary N) is 1. The summed E-state index contributed by atoms with van der Waals surface area (Å²) in [5.41, 5.74) is 2.39. The molecule has 0 unspecified atom stereocenters. The zero-order valence-corrected chi connectivity index (χ0v) is 17.8. The minimum Gasteiger partial charge on any atom is -0.481 e. The molecule has 1 aliphatic rings. The highest BCUT2D eigenvalue weighted by Crippen LogP contribution is 2.38. The largest absolute Gasteiger partial charge is 0.481 e. The lowest BCUT2D eigenvalue weighted by Crippen LogP contribution is -2.32. The first kappa shape index (κ1) is 20.7. The predicted octanol–water partition coefficient (Wildman–Crippen LogP) is 5.17. The fourth-order valence-electron chi connectivity index (χ4n) is 3.34. The molecule has 1 N–H and O–H groups in total. The summed E-state index contributed by atoms with van der Waals surface area (Å²) in [5, 5.41) is 4.11. The molecule has 0 saturated carbocycles. The van der Waals surface area contributed by atoms with Crippen LogP contribution in [0.2, 0.25) is 5.02 Å². The number of amides is 1. The van der Waals surface area contributed by atoms with Crippen LogP contribution in [0, 0.1) is 6.92 Å². The monoisotopic (exact) mass is 421 g/mol. The second kappa shape index (κ2) is 8.97. The van der Waals surface area contributed by atoms with Crippen LogP contribution in [-0.2, 0) is 22.4 Å². The third kappa shape index (κ3) is 4.33. The number of ether oxygens (including phenoxy) is 2. The fourth-order valence-corrected chi connectivity index (χ4v) is 4.74. The highest BCUT2D eigenvalue weighted by atomic mass is 35.5. The smallest absolute Gasteiger partial charge is 0.341 e. The van der Waals surface area contributed by atoms with Crippen LogP contribution in [0.5, 0.6) is 5.75 Å². The van der Waals surface area contributed by atoms with Crippen LogP contribution in [-0.4, -0.2) is 25.1 Å². The third-order valence-corrected chi connectivity index (χ3v) is 6.50. The molecule has 3 rings (SSSR count). The summed E-state index contributed by atoms with van der Waals surface area (Å²) in [4.78, 5) is 26.4. The molecule has 1 aromatic heterocycles. The second-order valence-corrected chi connectivity index (χ2v) is 8.33. The molecule has 7 heteroatoms. The maximum atomic E-state index is 12.9. The third-order valence-electron chi connectivity index (χ3n) is 4.87. The number of carbonyl (C=O) groups excluding carboxylic acids is 2. The maximum Gasteiger partial charge on any atom is 0.341 e. The van der Waals surface area contributed by atoms with Crippen LogP contribution >= 0.6 is 22.9 Å². The van der Waals surface area contributed by atoms with Gasteiger partial charge in [-0.1, -0.05) is 18.5 Å². The number of fused-ring (bicyclic) bond motifs is 1. The van der Waals surface area contributed by atoms with Gasteiger partial charge in [-0.25, -0.2) is 4.79 Å². The molecule has 0 spiro atoms. The van der Waals surface area contributed by atoms with Crippen molar-refractivity contribution in [2.45, 2.75) is 52.1 Å². The topological polar surface area (TPSA) is 64.6 Å². The van der Waals surface area contributed by atoms with Gasteiger partial charge in [0.2, 0.25) is 0 Å². The number of benzene rings is 1. The van der Waals surface area contributed by atoms with Crippen molar-refractivity contribution < 1.29 is 19.1 Å². The van der Waals surface area contributed by atoms with Gasteiger partial charge in [-0.2, -0.15) is 0 Å². The van der Waals surface area contributed by atoms with Gasteiger partial charge in [0.05, 0.1) is 12.7 Å². The summed E-state index contributed by atoms with van der Waals surface area (Å²) in [6.45, 7) is 3.77. The van der Waals surface area contributed by atoms with E-state index in [1.165, 1.54) is 18.4 Å². The highest BCUT2D eigenvalue weighted by molar-refractivity contribution is 7.17. The lowest BCUT2D eigenvalue weighted by atomic mass is 9.95. The van der Waals surface area contributed by atoms with E-state index in [4.69, 9.17) is 21.1 Å². The molecule has 28 heavy (non-hydrogen) atoms. The zero-order chi connectivity index (χ0) is 20.3. The van der Waals surface area contributed by atoms with Crippen LogP contribution in [0.1, 0.15) is 52.5 Å². The standard InChI is InChI=1S/C21H24ClNO4S/c1-4-16(27-13-9-10-15(22)12(2)11-13)19(24)23-20-18(21(25)26-3)14-7-5-6-8-17(14)28-20/h9-11,16H,4-8H2,1-3H3,(H,23,24)/t16-/m1/s1. The summed E-state index contributed by atoms with van der Waals surface area (Å²) in [7, 11) is 1.36. The molecule has 1 amide bonds. The molecule has 0 aliphatic heterocycles. The lowest BCUT2D eigenvalue weighted by Gasteiger charge is -2.18. The minimum absolute atomic E-state index is 0.279. The fraction of sp³-hybridized carbons (Fsp3) is 0.429. The molecule has 0 radical (unpaired) electrons. The van der Waals surface area contributed by atoms with Crippen LogP contribution in [0.3, 0.4) is 0 Å². The van der Waals surface area contributed by atoms with Crippen molar-refractivity contribution in [3.8, 4) is 5.75 Å². The summed E-state index contributed by atoms with van der Waals surface area (Å²) < 4.78 is 10.8. The molecule has 1 aromatic carbocycles. The first-order valence-electron chi connectivity index (χ1n) is 9.41. The number of carbonyl (C=O) groups is 2. The average molecular weight is 422 g/mol. The number of thiophene rings is 1. The summed E-state index contributed by atoms with van der Waals surface area (Å²) >= 11 is 7.52. The zero-order valence-electron chi connectivity index (χ0n) is 16.3. The Kier molecular flexibility index (Phi) is 6.62. The Morgan fingerprint density at radius 2 is 2.04 bits per heavy atom. The summed E-state index contributed by atoms with van der Waals surface area (Å²) in [5.74, 6) is -0.0987. The van der Waals surface area contributed by atoms with Crippen molar-refractivity contribution in [1.82, 2.24) is 0 Å². The number of anilines is 1. The van der Waals surface area contributed by atoms with E-state index in [-0.39, 0.29) is 5.91 Å². The molecule has 0 bridgehead atoms. The maximum absolute atomic E-state index is 12.9. The Labute approximate surface area is 174 Å². The summed E-state index contributed by atoms with van der Waals surface area (Å²) in [6, 6.07) is 5.30. The first-order valence-corrected chi connectivity index (χ1v) is 10.6. The van der Waals surface area contributed by atoms with E-state index in [0.717, 1.165) is 41.7 Å². The molecular formula is C21H24ClNO4S. The van der Waals surface area contributed by atoms with Crippen LogP contribution in [0.25, 0.3) is 0 Å². The predicted molar refractivity (Wildman–Crippen MR) is 112 cm³/mol. The Bertz CT molecular complexity index is 893. The lowest BCUT2D eigenvalue weighted by molar-refractivity contribution is -0.122. The minimum atomic E-state index is -0.676. The van der Waals surface area contributed by atoms with Gasteiger partial charge in [0.1, 0.15) is 10.8 Å². The van der Waals surface area contributed by atoms with E-state index in [1.54, 1.807) is 12.1 Å². The van der Waals surface area contributed by atoms with Crippen molar-refractivity contribution in [1.29, 1.82) is 0 Å². The van der Waals surface area contributed by atoms with Gasteiger partial charge >= 0.3 is 5.97 Å². The van der Waals surface area contributed by atoms with Gasteiger partial charge in [0.15, 0.2) is 6.10 Å². The molecule has 150 valence electrons. The Balaban J connectivity index is 1.81. The molecule has 1 heterocycles. The van der Waals surface area contributed by atoms with E-state index in [1.807, 2.05) is 19.9 Å². The van der Waals surface area contributed by atoms with Crippen LogP contribution < -0.4 is 10.1 Å². The Morgan fingerprint density at radius 3 is 2.71 bits per heavy atom. The second-order valence-electron chi connectivity index (χ2n) is 6.82. The number of hydrogen-bond donors (Lipinski definition) is 1. The van der Waals surface area contributed by atoms with Crippen molar-refractivity contribution >= 4 is 39.8 Å². The van der Waals surface area contributed by atoms with E-state index < -0.39 is 12.1 Å². The van der Waals surface area contributed by atoms with Crippen molar-refractivity contribution in [3.63, 3.8) is 0 Å². The number of aryl methyl sites for hydroxylation is 2. The van der Waals surface area contributed by atoms with Crippen molar-refractivity contribution in [3.05, 3.63) is 44.8 Å². The Hall–Kier alpha value is -2.05. The van der Waals surface area contributed by atoms with E-state index in [9.17, 15) is 9.59 Å². The van der Waals surface area contributed by atoms with Gasteiger partial charge in [-0.3, -0.25) is 4.79 Å². The average Bonchev–Trinajstić information content (AvgIpc) is 3.05. The van der Waals surface area contributed by atoms with Gasteiger partial charge in [-0.05, 0) is 68.4 Å². The van der Waals surface area contributed by atoms with Crippen molar-refractivity contribution in [2.75, 3.05) is 12.4 Å². The van der Waals surface area contributed by atoms with E-state index in [0.29, 0.717) is 27.8 Å². The van der Waals surface area contributed by atoms with Crippen molar-refractivity contribution in [2.24, 2.45) is 0 Å². The van der Waals surface area contributed by atoms with Crippen LogP contribution in [0.4, 0.5) is 5.00 Å². The van der Waals surface area contributed by atoms with Gasteiger partial charge in [0, 0.05) is 9.90 Å². The molecule has 2 aromatic rings. The normalized spacial score (nSPS) is 14.1. The van der Waals surface area contributed by atoms with Gasteiger partial charge in [0.25, 0.3) is 5.91 Å². The number of esters is 1. The number of methoxy groups -OCH3 is 1. The molecular weight excluding hydrogens is 398 g/mol.